The Morgan fingerprint density at radius 1 is 0.931 bits per heavy atom. The topological polar surface area (TPSA) is 79.0 Å². The number of piperazine rings is 1. The lowest BCUT2D eigenvalue weighted by atomic mass is 10.1. The Morgan fingerprint density at radius 2 is 1.59 bits per heavy atom. The molecule has 152 valence electrons. The molecule has 1 saturated heterocycles. The van der Waals surface area contributed by atoms with E-state index < -0.39 is 0 Å². The molecule has 1 N–H and O–H groups in total. The molecule has 3 amide bonds. The van der Waals surface area contributed by atoms with Crippen LogP contribution in [0.25, 0.3) is 0 Å². The predicted molar refractivity (Wildman–Crippen MR) is 110 cm³/mol. The van der Waals surface area contributed by atoms with Crippen molar-refractivity contribution in [1.29, 1.82) is 0 Å². The van der Waals surface area contributed by atoms with E-state index >= 15 is 0 Å². The minimum Gasteiger partial charge on any atom is -0.450 e. The highest BCUT2D eigenvalue weighted by molar-refractivity contribution is 6.06. The molecule has 1 aliphatic heterocycles. The summed E-state index contributed by atoms with van der Waals surface area (Å²) in [6, 6.07) is 14.2. The zero-order valence-electron chi connectivity index (χ0n) is 16.7. The lowest BCUT2D eigenvalue weighted by Gasteiger charge is -2.34. The molecule has 0 bridgehead atoms. The summed E-state index contributed by atoms with van der Waals surface area (Å²) >= 11 is 0. The van der Waals surface area contributed by atoms with Crippen LogP contribution in [0.5, 0.6) is 0 Å². The number of para-hydroxylation sites is 1. The highest BCUT2D eigenvalue weighted by atomic mass is 16.6. The molecule has 1 aliphatic rings. The molecule has 7 nitrogen and oxygen atoms in total. The number of carbonyl (C=O) groups is 3. The minimum absolute atomic E-state index is 0.154. The van der Waals surface area contributed by atoms with E-state index in [2.05, 4.69) is 5.32 Å². The first-order chi connectivity index (χ1) is 14.0. The summed E-state index contributed by atoms with van der Waals surface area (Å²) in [5.41, 5.74) is 2.58. The van der Waals surface area contributed by atoms with Crippen LogP contribution in [-0.4, -0.2) is 60.5 Å². The monoisotopic (exact) mass is 395 g/mol. The fourth-order valence-electron chi connectivity index (χ4n) is 3.19. The van der Waals surface area contributed by atoms with Crippen LogP contribution >= 0.6 is 0 Å². The van der Waals surface area contributed by atoms with Crippen molar-refractivity contribution < 1.29 is 19.1 Å². The lowest BCUT2D eigenvalue weighted by molar-refractivity contribution is 0.0570. The number of nitrogens with zero attached hydrogens (tertiary/aromatic N) is 2. The van der Waals surface area contributed by atoms with E-state index in [1.807, 2.05) is 31.2 Å². The number of aryl methyl sites for hydroxylation is 1. The maximum atomic E-state index is 12.8. The van der Waals surface area contributed by atoms with E-state index in [0.29, 0.717) is 43.9 Å². The van der Waals surface area contributed by atoms with Gasteiger partial charge in [0.25, 0.3) is 11.8 Å². The van der Waals surface area contributed by atoms with Crippen LogP contribution in [0.1, 0.15) is 33.2 Å². The fraction of sp³-hybridized carbons (Fsp3) is 0.318. The molecule has 0 spiro atoms. The van der Waals surface area contributed by atoms with Gasteiger partial charge in [-0.15, -0.1) is 0 Å². The first-order valence-corrected chi connectivity index (χ1v) is 9.67. The largest absolute Gasteiger partial charge is 0.450 e. The third-order valence-corrected chi connectivity index (χ3v) is 4.86. The Kier molecular flexibility index (Phi) is 6.49. The molecule has 2 aromatic rings. The van der Waals surface area contributed by atoms with Crippen LogP contribution in [0.3, 0.4) is 0 Å². The van der Waals surface area contributed by atoms with Gasteiger partial charge in [0.15, 0.2) is 0 Å². The molecule has 1 heterocycles. The average Bonchev–Trinajstić information content (AvgIpc) is 2.75. The SMILES string of the molecule is CCOC(=O)N1CCN(C(=O)c2cccc(C(=O)Nc3ccccc3C)c2)CC1. The normalized spacial score (nSPS) is 13.7. The Hall–Kier alpha value is -3.35. The quantitative estimate of drug-likeness (QED) is 0.863. The summed E-state index contributed by atoms with van der Waals surface area (Å²) in [6.07, 6.45) is -0.352. The van der Waals surface area contributed by atoms with Gasteiger partial charge in [-0.1, -0.05) is 24.3 Å². The van der Waals surface area contributed by atoms with Crippen molar-refractivity contribution in [2.75, 3.05) is 38.1 Å². The van der Waals surface area contributed by atoms with Crippen molar-refractivity contribution in [3.05, 3.63) is 65.2 Å². The van der Waals surface area contributed by atoms with Crippen molar-refractivity contribution >= 4 is 23.6 Å². The van der Waals surface area contributed by atoms with Gasteiger partial charge in [-0.3, -0.25) is 9.59 Å². The Morgan fingerprint density at radius 3 is 2.28 bits per heavy atom. The number of ether oxygens (including phenoxy) is 1. The predicted octanol–water partition coefficient (Wildman–Crippen LogP) is 3.16. The van der Waals surface area contributed by atoms with Gasteiger partial charge in [0.2, 0.25) is 0 Å². The minimum atomic E-state index is -0.352. The standard InChI is InChI=1S/C22H25N3O4/c1-3-29-22(28)25-13-11-24(12-14-25)21(27)18-9-6-8-17(15-18)20(26)23-19-10-5-4-7-16(19)2/h4-10,15H,3,11-14H2,1-2H3,(H,23,26). The second kappa shape index (κ2) is 9.23. The van der Waals surface area contributed by atoms with Crippen molar-refractivity contribution in [2.24, 2.45) is 0 Å². The molecule has 0 unspecified atom stereocenters. The number of hydrogen-bond donors (Lipinski definition) is 1. The number of anilines is 1. The van der Waals surface area contributed by atoms with Gasteiger partial charge in [-0.25, -0.2) is 4.79 Å². The second-order valence-corrected chi connectivity index (χ2v) is 6.83. The summed E-state index contributed by atoms with van der Waals surface area (Å²) in [6.45, 7) is 5.73. The number of benzene rings is 2. The summed E-state index contributed by atoms with van der Waals surface area (Å²) in [5, 5.41) is 2.88. The molecule has 0 aromatic heterocycles. The van der Waals surface area contributed by atoms with Crippen LogP contribution < -0.4 is 5.32 Å². The van der Waals surface area contributed by atoms with Crippen LogP contribution in [0.4, 0.5) is 10.5 Å². The molecular weight excluding hydrogens is 370 g/mol. The van der Waals surface area contributed by atoms with Gasteiger partial charge in [0.05, 0.1) is 6.61 Å². The van der Waals surface area contributed by atoms with E-state index in [4.69, 9.17) is 4.74 Å². The first-order valence-electron chi connectivity index (χ1n) is 9.67. The van der Waals surface area contributed by atoms with Crippen LogP contribution in [0.2, 0.25) is 0 Å². The highest BCUT2D eigenvalue weighted by Gasteiger charge is 2.25. The fourth-order valence-corrected chi connectivity index (χ4v) is 3.19. The lowest BCUT2D eigenvalue weighted by Crippen LogP contribution is -2.50. The molecule has 2 aromatic carbocycles. The third-order valence-electron chi connectivity index (χ3n) is 4.86. The summed E-state index contributed by atoms with van der Waals surface area (Å²) < 4.78 is 5.00. The number of nitrogens with one attached hydrogen (secondary N) is 1. The maximum absolute atomic E-state index is 12.8. The Balaban J connectivity index is 1.65. The molecule has 29 heavy (non-hydrogen) atoms. The van der Waals surface area contributed by atoms with Crippen molar-refractivity contribution in [2.45, 2.75) is 13.8 Å². The van der Waals surface area contributed by atoms with E-state index in [1.165, 1.54) is 0 Å². The molecule has 1 fully saturated rings. The molecule has 0 saturated carbocycles. The van der Waals surface area contributed by atoms with Crippen LogP contribution in [0, 0.1) is 6.92 Å². The third kappa shape index (κ3) is 4.93. The van der Waals surface area contributed by atoms with E-state index in [1.54, 1.807) is 41.0 Å². The van der Waals surface area contributed by atoms with Crippen LogP contribution in [0.15, 0.2) is 48.5 Å². The molecule has 7 heteroatoms. The van der Waals surface area contributed by atoms with Gasteiger partial charge >= 0.3 is 6.09 Å². The molecule has 0 radical (unpaired) electrons. The molecular formula is C22H25N3O4. The smallest absolute Gasteiger partial charge is 0.409 e. The number of carbonyl (C=O) groups excluding carboxylic acids is 3. The summed E-state index contributed by atoms with van der Waals surface area (Å²) in [7, 11) is 0. The molecule has 3 rings (SSSR count). The van der Waals surface area contributed by atoms with Gasteiger partial charge in [-0.2, -0.15) is 0 Å². The van der Waals surface area contributed by atoms with Crippen LogP contribution in [-0.2, 0) is 4.74 Å². The van der Waals surface area contributed by atoms with Crippen molar-refractivity contribution in [3.8, 4) is 0 Å². The zero-order chi connectivity index (χ0) is 20.8. The Labute approximate surface area is 170 Å². The zero-order valence-corrected chi connectivity index (χ0v) is 16.7. The van der Waals surface area contributed by atoms with E-state index in [-0.39, 0.29) is 17.9 Å². The van der Waals surface area contributed by atoms with Gasteiger partial charge < -0.3 is 19.9 Å². The van der Waals surface area contributed by atoms with E-state index in [0.717, 1.165) is 11.3 Å². The molecule has 0 aliphatic carbocycles. The second-order valence-electron chi connectivity index (χ2n) is 6.83. The van der Waals surface area contributed by atoms with Crippen molar-refractivity contribution in [3.63, 3.8) is 0 Å². The summed E-state index contributed by atoms with van der Waals surface area (Å²) in [4.78, 5) is 40.5. The molecule has 0 atom stereocenters. The van der Waals surface area contributed by atoms with Gasteiger partial charge in [0.1, 0.15) is 0 Å². The Bertz CT molecular complexity index is 904. The number of hydrogen-bond acceptors (Lipinski definition) is 4. The summed E-state index contributed by atoms with van der Waals surface area (Å²) in [5.74, 6) is -0.417. The highest BCUT2D eigenvalue weighted by Crippen LogP contribution is 2.16. The van der Waals surface area contributed by atoms with Crippen molar-refractivity contribution in [1.82, 2.24) is 9.80 Å². The number of rotatable bonds is 4. The van der Waals surface area contributed by atoms with Gasteiger partial charge in [-0.05, 0) is 43.7 Å². The average molecular weight is 395 g/mol. The van der Waals surface area contributed by atoms with Gasteiger partial charge in [0, 0.05) is 43.0 Å². The number of amides is 3. The van der Waals surface area contributed by atoms with E-state index in [9.17, 15) is 14.4 Å². The maximum Gasteiger partial charge on any atom is 0.409 e. The first kappa shape index (κ1) is 20.4.